The Bertz CT molecular complexity index is 327. The van der Waals surface area contributed by atoms with Gasteiger partial charge in [0, 0.05) is 18.5 Å². The third-order valence-corrected chi connectivity index (χ3v) is 2.68. The fraction of sp³-hybridized carbons (Fsp3) is 0.500. The zero-order valence-corrected chi connectivity index (χ0v) is 10.4. The molecule has 0 radical (unpaired) electrons. The average Bonchev–Trinajstić information content (AvgIpc) is 2.29. The van der Waals surface area contributed by atoms with Gasteiger partial charge in [0.1, 0.15) is 0 Å². The number of nitrogens with one attached hydrogen (secondary N) is 1. The molecule has 1 aromatic carbocycles. The lowest BCUT2D eigenvalue weighted by Gasteiger charge is -2.06. The topological polar surface area (TPSA) is 29.1 Å². The van der Waals surface area contributed by atoms with Gasteiger partial charge in [-0.2, -0.15) is 0 Å². The first-order valence-corrected chi connectivity index (χ1v) is 5.99. The third-order valence-electron chi connectivity index (χ3n) is 2.68. The molecule has 1 N–H and O–H groups in total. The van der Waals surface area contributed by atoms with Crippen molar-refractivity contribution in [3.05, 3.63) is 35.4 Å². The number of Topliss-reactive ketones (excluding diaryl/α,β-unsaturated/α-hetero) is 1. The van der Waals surface area contributed by atoms with Crippen molar-refractivity contribution < 1.29 is 4.79 Å². The summed E-state index contributed by atoms with van der Waals surface area (Å²) in [5.74, 6) is 0.738. The number of hydrogen-bond acceptors (Lipinski definition) is 2. The number of ketones is 1. The highest BCUT2D eigenvalue weighted by Gasteiger charge is 2.05. The van der Waals surface area contributed by atoms with E-state index in [9.17, 15) is 4.79 Å². The number of benzene rings is 1. The Morgan fingerprint density at radius 1 is 1.25 bits per heavy atom. The molecule has 0 heterocycles. The quantitative estimate of drug-likeness (QED) is 0.588. The van der Waals surface area contributed by atoms with Crippen molar-refractivity contribution in [3.63, 3.8) is 0 Å². The SMILES string of the molecule is CCNCCC(=O)c1ccc(C(C)C)cc1. The molecule has 0 saturated heterocycles. The van der Waals surface area contributed by atoms with Crippen LogP contribution in [0.25, 0.3) is 0 Å². The lowest BCUT2D eigenvalue weighted by Crippen LogP contribution is -2.17. The van der Waals surface area contributed by atoms with Crippen LogP contribution in [0.4, 0.5) is 0 Å². The number of hydrogen-bond donors (Lipinski definition) is 1. The molecule has 88 valence electrons. The van der Waals surface area contributed by atoms with Crippen molar-refractivity contribution >= 4 is 5.78 Å². The van der Waals surface area contributed by atoms with Gasteiger partial charge in [0.15, 0.2) is 5.78 Å². The molecule has 0 saturated carbocycles. The molecule has 1 aromatic rings. The van der Waals surface area contributed by atoms with Crippen molar-refractivity contribution in [2.75, 3.05) is 13.1 Å². The van der Waals surface area contributed by atoms with Crippen LogP contribution in [0.3, 0.4) is 0 Å². The zero-order valence-electron chi connectivity index (χ0n) is 10.4. The highest BCUT2D eigenvalue weighted by molar-refractivity contribution is 5.96. The summed E-state index contributed by atoms with van der Waals surface area (Å²) in [7, 11) is 0. The number of carbonyl (C=O) groups excluding carboxylic acids is 1. The van der Waals surface area contributed by atoms with Crippen molar-refractivity contribution in [1.82, 2.24) is 5.32 Å². The van der Waals surface area contributed by atoms with Crippen LogP contribution >= 0.6 is 0 Å². The van der Waals surface area contributed by atoms with E-state index < -0.39 is 0 Å². The summed E-state index contributed by atoms with van der Waals surface area (Å²) in [6, 6.07) is 7.96. The van der Waals surface area contributed by atoms with Gasteiger partial charge >= 0.3 is 0 Å². The molecule has 0 aliphatic carbocycles. The van der Waals surface area contributed by atoms with Crippen LogP contribution in [0.2, 0.25) is 0 Å². The van der Waals surface area contributed by atoms with E-state index in [2.05, 4.69) is 19.2 Å². The van der Waals surface area contributed by atoms with Gasteiger partial charge in [0.2, 0.25) is 0 Å². The molecule has 0 spiro atoms. The van der Waals surface area contributed by atoms with Gasteiger partial charge in [-0.15, -0.1) is 0 Å². The summed E-state index contributed by atoms with van der Waals surface area (Å²) in [6.07, 6.45) is 0.578. The zero-order chi connectivity index (χ0) is 12.0. The smallest absolute Gasteiger partial charge is 0.164 e. The fourth-order valence-electron chi connectivity index (χ4n) is 1.58. The van der Waals surface area contributed by atoms with Gasteiger partial charge in [-0.1, -0.05) is 45.0 Å². The van der Waals surface area contributed by atoms with Crippen LogP contribution < -0.4 is 5.32 Å². The normalized spacial score (nSPS) is 10.8. The van der Waals surface area contributed by atoms with Crippen molar-refractivity contribution in [2.45, 2.75) is 33.1 Å². The molecule has 2 heteroatoms. The van der Waals surface area contributed by atoms with Crippen molar-refractivity contribution in [2.24, 2.45) is 0 Å². The van der Waals surface area contributed by atoms with E-state index in [4.69, 9.17) is 0 Å². The van der Waals surface area contributed by atoms with Gasteiger partial charge in [-0.25, -0.2) is 0 Å². The standard InChI is InChI=1S/C14H21NO/c1-4-15-10-9-14(16)13-7-5-12(6-8-13)11(2)3/h5-8,11,15H,4,9-10H2,1-3H3. The van der Waals surface area contributed by atoms with Crippen LogP contribution in [0.1, 0.15) is 49.0 Å². The predicted molar refractivity (Wildman–Crippen MR) is 68.0 cm³/mol. The largest absolute Gasteiger partial charge is 0.317 e. The van der Waals surface area contributed by atoms with Gasteiger partial charge in [0.05, 0.1) is 0 Å². The Labute approximate surface area is 98.1 Å². The summed E-state index contributed by atoms with van der Waals surface area (Å²) >= 11 is 0. The third kappa shape index (κ3) is 3.78. The molecule has 0 fully saturated rings. The predicted octanol–water partition coefficient (Wildman–Crippen LogP) is 2.99. The lowest BCUT2D eigenvalue weighted by molar-refractivity contribution is 0.0983. The van der Waals surface area contributed by atoms with Gasteiger partial charge in [-0.05, 0) is 18.0 Å². The maximum Gasteiger partial charge on any atom is 0.164 e. The van der Waals surface area contributed by atoms with Gasteiger partial charge in [-0.3, -0.25) is 4.79 Å². The maximum atomic E-state index is 11.8. The first-order chi connectivity index (χ1) is 7.65. The number of rotatable bonds is 6. The maximum absolute atomic E-state index is 11.8. The molecule has 0 aromatic heterocycles. The summed E-state index contributed by atoms with van der Waals surface area (Å²) in [6.45, 7) is 8.03. The summed E-state index contributed by atoms with van der Waals surface area (Å²) in [5, 5.41) is 3.16. The minimum Gasteiger partial charge on any atom is -0.317 e. The summed E-state index contributed by atoms with van der Waals surface area (Å²) in [4.78, 5) is 11.8. The second kappa shape index (κ2) is 6.44. The molecule has 16 heavy (non-hydrogen) atoms. The Hall–Kier alpha value is -1.15. The average molecular weight is 219 g/mol. The molecule has 0 aliphatic heterocycles. The highest BCUT2D eigenvalue weighted by Crippen LogP contribution is 2.15. The number of carbonyl (C=O) groups is 1. The molecule has 0 amide bonds. The van der Waals surface area contributed by atoms with Crippen LogP contribution in [0, 0.1) is 0 Å². The molecule has 1 rings (SSSR count). The molecule has 0 unspecified atom stereocenters. The van der Waals surface area contributed by atoms with E-state index >= 15 is 0 Å². The van der Waals surface area contributed by atoms with Gasteiger partial charge < -0.3 is 5.32 Å². The van der Waals surface area contributed by atoms with E-state index in [-0.39, 0.29) is 5.78 Å². The van der Waals surface area contributed by atoms with E-state index in [1.54, 1.807) is 0 Å². The Morgan fingerprint density at radius 3 is 2.38 bits per heavy atom. The lowest BCUT2D eigenvalue weighted by atomic mass is 10.00. The Balaban J connectivity index is 2.56. The Kier molecular flexibility index (Phi) is 5.20. The van der Waals surface area contributed by atoms with E-state index in [1.165, 1.54) is 5.56 Å². The van der Waals surface area contributed by atoms with E-state index in [0.717, 1.165) is 18.7 Å². The molecule has 0 bridgehead atoms. The monoisotopic (exact) mass is 219 g/mol. The minimum atomic E-state index is 0.219. The van der Waals surface area contributed by atoms with Crippen LogP contribution in [0.5, 0.6) is 0 Å². The van der Waals surface area contributed by atoms with Crippen LogP contribution in [-0.2, 0) is 0 Å². The second-order valence-electron chi connectivity index (χ2n) is 4.30. The summed E-state index contributed by atoms with van der Waals surface area (Å²) in [5.41, 5.74) is 2.10. The first-order valence-electron chi connectivity index (χ1n) is 5.99. The van der Waals surface area contributed by atoms with Crippen molar-refractivity contribution in [3.8, 4) is 0 Å². The highest BCUT2D eigenvalue weighted by atomic mass is 16.1. The summed E-state index contributed by atoms with van der Waals surface area (Å²) < 4.78 is 0. The van der Waals surface area contributed by atoms with E-state index in [1.807, 2.05) is 31.2 Å². The first kappa shape index (κ1) is 12.9. The molecule has 0 aliphatic rings. The van der Waals surface area contributed by atoms with Crippen LogP contribution in [-0.4, -0.2) is 18.9 Å². The fourth-order valence-corrected chi connectivity index (χ4v) is 1.58. The van der Waals surface area contributed by atoms with Crippen molar-refractivity contribution in [1.29, 1.82) is 0 Å². The molecule has 0 atom stereocenters. The van der Waals surface area contributed by atoms with Gasteiger partial charge in [0.25, 0.3) is 0 Å². The van der Waals surface area contributed by atoms with Crippen LogP contribution in [0.15, 0.2) is 24.3 Å². The van der Waals surface area contributed by atoms with E-state index in [0.29, 0.717) is 12.3 Å². The molecular formula is C14H21NO. The second-order valence-corrected chi connectivity index (χ2v) is 4.30. The Morgan fingerprint density at radius 2 is 1.88 bits per heavy atom. The molecule has 2 nitrogen and oxygen atoms in total. The molecular weight excluding hydrogens is 198 g/mol. The minimum absolute atomic E-state index is 0.219.